The third-order valence-electron chi connectivity index (χ3n) is 5.60. The molecular weight excluding hydrogens is 376 g/mol. The molecule has 0 amide bonds. The molecule has 0 spiro atoms. The minimum Gasteiger partial charge on any atom is -0.507 e. The fourth-order valence-corrected chi connectivity index (χ4v) is 4.15. The van der Waals surface area contributed by atoms with Crippen LogP contribution in [-0.2, 0) is 36.9 Å². The molecule has 0 radical (unpaired) electrons. The van der Waals surface area contributed by atoms with Crippen molar-refractivity contribution in [1.29, 1.82) is 0 Å². The zero-order chi connectivity index (χ0) is 22.1. The number of hydrogen-bond acceptors (Lipinski definition) is 4. The number of ketones is 1. The number of aromatic hydroxyl groups is 1. The summed E-state index contributed by atoms with van der Waals surface area (Å²) >= 11 is 0. The number of methoxy groups -OCH3 is 1. The molecule has 0 aromatic heterocycles. The van der Waals surface area contributed by atoms with Gasteiger partial charge in [-0.05, 0) is 67.3 Å². The first-order valence-corrected chi connectivity index (χ1v) is 10.9. The van der Waals surface area contributed by atoms with Gasteiger partial charge in [0.15, 0.2) is 5.78 Å². The second-order valence-electron chi connectivity index (χ2n) is 7.78. The lowest BCUT2D eigenvalue weighted by Crippen LogP contribution is -2.06. The molecule has 2 aromatic rings. The molecule has 0 atom stereocenters. The van der Waals surface area contributed by atoms with Crippen LogP contribution in [0.25, 0.3) is 0 Å². The normalized spacial score (nSPS) is 10.8. The Kier molecular flexibility index (Phi) is 9.10. The van der Waals surface area contributed by atoms with E-state index in [1.54, 1.807) is 14.0 Å². The number of rotatable bonds is 12. The Morgan fingerprint density at radius 3 is 2.07 bits per heavy atom. The van der Waals surface area contributed by atoms with E-state index in [2.05, 4.69) is 26.0 Å². The van der Waals surface area contributed by atoms with Crippen molar-refractivity contribution in [3.8, 4) is 11.5 Å². The number of carbonyl (C=O) groups is 2. The third kappa shape index (κ3) is 5.50. The summed E-state index contributed by atoms with van der Waals surface area (Å²) < 4.78 is 5.62. The van der Waals surface area contributed by atoms with Crippen LogP contribution in [0.3, 0.4) is 0 Å². The van der Waals surface area contributed by atoms with Crippen molar-refractivity contribution < 1.29 is 19.4 Å². The van der Waals surface area contributed by atoms with Crippen molar-refractivity contribution >= 4 is 12.1 Å². The number of aryl methyl sites for hydroxylation is 2. The van der Waals surface area contributed by atoms with Crippen LogP contribution < -0.4 is 4.74 Å². The quantitative estimate of drug-likeness (QED) is 0.375. The largest absolute Gasteiger partial charge is 0.507 e. The van der Waals surface area contributed by atoms with Gasteiger partial charge in [0.05, 0.1) is 12.7 Å². The molecule has 4 nitrogen and oxygen atoms in total. The molecule has 2 rings (SSSR count). The molecule has 162 valence electrons. The highest BCUT2D eigenvalue weighted by atomic mass is 16.5. The smallest absolute Gasteiger partial charge is 0.163 e. The number of carbonyl (C=O) groups excluding carboxylic acids is 2. The van der Waals surface area contributed by atoms with E-state index in [9.17, 15) is 14.7 Å². The maximum Gasteiger partial charge on any atom is 0.163 e. The Bertz CT molecular complexity index is 883. The highest BCUT2D eigenvalue weighted by Gasteiger charge is 2.17. The van der Waals surface area contributed by atoms with Gasteiger partial charge in [0.25, 0.3) is 0 Å². The summed E-state index contributed by atoms with van der Waals surface area (Å²) in [5.74, 6) is 1.01. The molecule has 0 fully saturated rings. The Hall–Kier alpha value is -2.62. The molecular formula is C26H34O4. The Morgan fingerprint density at radius 2 is 1.50 bits per heavy atom. The molecule has 30 heavy (non-hydrogen) atoms. The van der Waals surface area contributed by atoms with Crippen molar-refractivity contribution in [2.75, 3.05) is 7.11 Å². The van der Waals surface area contributed by atoms with Crippen LogP contribution in [-0.4, -0.2) is 24.3 Å². The van der Waals surface area contributed by atoms with Crippen LogP contribution in [0.4, 0.5) is 0 Å². The number of phenols is 1. The molecule has 0 aliphatic carbocycles. The number of Topliss-reactive ketones (excluding diaryl/α,β-unsaturated/α-hetero) is 1. The van der Waals surface area contributed by atoms with E-state index >= 15 is 0 Å². The minimum absolute atomic E-state index is 0.0193. The van der Waals surface area contributed by atoms with Crippen LogP contribution in [0.1, 0.15) is 78.2 Å². The third-order valence-corrected chi connectivity index (χ3v) is 5.60. The number of phenolic OH excluding ortho intramolecular Hbond substituents is 1. The number of ether oxygens (including phenoxy) is 1. The molecule has 0 heterocycles. The van der Waals surface area contributed by atoms with Crippen LogP contribution in [0.2, 0.25) is 0 Å². The summed E-state index contributed by atoms with van der Waals surface area (Å²) in [5.41, 5.74) is 5.81. The second-order valence-corrected chi connectivity index (χ2v) is 7.78. The van der Waals surface area contributed by atoms with Crippen LogP contribution >= 0.6 is 0 Å². The lowest BCUT2D eigenvalue weighted by Gasteiger charge is -2.17. The summed E-state index contributed by atoms with van der Waals surface area (Å²) in [4.78, 5) is 22.8. The first kappa shape index (κ1) is 23.7. The Morgan fingerprint density at radius 1 is 0.933 bits per heavy atom. The van der Waals surface area contributed by atoms with Crippen molar-refractivity contribution in [3.63, 3.8) is 0 Å². The number of benzene rings is 2. The van der Waals surface area contributed by atoms with Gasteiger partial charge in [0.2, 0.25) is 0 Å². The fourth-order valence-electron chi connectivity index (χ4n) is 4.15. The van der Waals surface area contributed by atoms with Gasteiger partial charge in [-0.3, -0.25) is 4.79 Å². The summed E-state index contributed by atoms with van der Waals surface area (Å²) in [7, 11) is 1.63. The zero-order valence-corrected chi connectivity index (χ0v) is 18.7. The monoisotopic (exact) mass is 410 g/mol. The van der Waals surface area contributed by atoms with Gasteiger partial charge in [-0.25, -0.2) is 0 Å². The van der Waals surface area contributed by atoms with Gasteiger partial charge in [0.1, 0.15) is 17.8 Å². The lowest BCUT2D eigenvalue weighted by atomic mass is 9.91. The molecule has 4 heteroatoms. The van der Waals surface area contributed by atoms with Crippen molar-refractivity contribution in [3.05, 3.63) is 57.6 Å². The Balaban J connectivity index is 2.25. The van der Waals surface area contributed by atoms with E-state index in [0.29, 0.717) is 16.9 Å². The van der Waals surface area contributed by atoms with Gasteiger partial charge in [-0.15, -0.1) is 0 Å². The molecule has 0 aliphatic rings. The maximum absolute atomic E-state index is 12.0. The van der Waals surface area contributed by atoms with Crippen LogP contribution in [0.15, 0.2) is 24.3 Å². The molecule has 0 unspecified atom stereocenters. The van der Waals surface area contributed by atoms with Crippen molar-refractivity contribution in [2.24, 2.45) is 0 Å². The first-order chi connectivity index (χ1) is 14.5. The van der Waals surface area contributed by atoms with E-state index in [1.807, 2.05) is 12.1 Å². The zero-order valence-electron chi connectivity index (χ0n) is 18.7. The van der Waals surface area contributed by atoms with Crippen LogP contribution in [0.5, 0.6) is 11.5 Å². The van der Waals surface area contributed by atoms with Gasteiger partial charge < -0.3 is 14.6 Å². The number of aldehydes is 1. The van der Waals surface area contributed by atoms with Crippen molar-refractivity contribution in [1.82, 2.24) is 0 Å². The molecule has 0 bridgehead atoms. The van der Waals surface area contributed by atoms with E-state index < -0.39 is 0 Å². The first-order valence-electron chi connectivity index (χ1n) is 10.9. The highest BCUT2D eigenvalue weighted by Crippen LogP contribution is 2.32. The number of hydrogen-bond donors (Lipinski definition) is 1. The minimum atomic E-state index is 0.0193. The highest BCUT2D eigenvalue weighted by molar-refractivity contribution is 5.97. The average Bonchev–Trinajstić information content (AvgIpc) is 2.73. The topological polar surface area (TPSA) is 63.6 Å². The molecule has 2 aromatic carbocycles. The van der Waals surface area contributed by atoms with Gasteiger partial charge in [0, 0.05) is 12.0 Å². The van der Waals surface area contributed by atoms with E-state index in [1.165, 1.54) is 5.56 Å². The van der Waals surface area contributed by atoms with Crippen LogP contribution in [0, 0.1) is 0 Å². The van der Waals surface area contributed by atoms with Gasteiger partial charge >= 0.3 is 0 Å². The second kappa shape index (κ2) is 11.5. The van der Waals surface area contributed by atoms with Crippen molar-refractivity contribution in [2.45, 2.75) is 72.1 Å². The summed E-state index contributed by atoms with van der Waals surface area (Å²) in [6.07, 6.45) is 7.34. The SMILES string of the molecule is CCCc1c(CCCc2ccc(C(C)=O)c(OC)c2CCC)ccc(CC=O)c1O. The molecule has 0 saturated carbocycles. The predicted molar refractivity (Wildman–Crippen MR) is 121 cm³/mol. The van der Waals surface area contributed by atoms with Gasteiger partial charge in [-0.2, -0.15) is 0 Å². The average molecular weight is 411 g/mol. The molecule has 0 saturated heterocycles. The molecule has 0 aliphatic heterocycles. The molecule has 1 N–H and O–H groups in total. The fraction of sp³-hybridized carbons (Fsp3) is 0.462. The van der Waals surface area contributed by atoms with E-state index in [0.717, 1.165) is 67.9 Å². The maximum atomic E-state index is 12.0. The standard InChI is InChI=1S/C26H34O4/c1-5-8-23-19(12-13-21(16-17-27)25(23)29)10-7-11-20-14-15-22(18(3)28)26(30-4)24(20)9-6-2/h12-15,17,29H,5-11,16H2,1-4H3. The van der Waals surface area contributed by atoms with E-state index in [4.69, 9.17) is 4.74 Å². The Labute approximate surface area is 180 Å². The lowest BCUT2D eigenvalue weighted by molar-refractivity contribution is -0.107. The van der Waals surface area contributed by atoms with Gasteiger partial charge in [-0.1, -0.05) is 44.9 Å². The summed E-state index contributed by atoms with van der Waals surface area (Å²) in [6, 6.07) is 7.85. The predicted octanol–water partition coefficient (Wildman–Crippen LogP) is 5.43. The summed E-state index contributed by atoms with van der Waals surface area (Å²) in [5, 5.41) is 10.6. The summed E-state index contributed by atoms with van der Waals surface area (Å²) in [6.45, 7) is 5.79. The van der Waals surface area contributed by atoms with E-state index in [-0.39, 0.29) is 18.0 Å².